The summed E-state index contributed by atoms with van der Waals surface area (Å²) in [7, 11) is 1.65. The van der Waals surface area contributed by atoms with Gasteiger partial charge in [-0.05, 0) is 25.3 Å². The third-order valence-corrected chi connectivity index (χ3v) is 2.26. The Bertz CT molecular complexity index is 359. The third-order valence-electron chi connectivity index (χ3n) is 2.26. The van der Waals surface area contributed by atoms with Crippen molar-refractivity contribution in [3.8, 4) is 0 Å². The predicted molar refractivity (Wildman–Crippen MR) is 68.2 cm³/mol. The third kappa shape index (κ3) is 4.16. The molecular weight excluding hydrogens is 202 g/mol. The van der Waals surface area contributed by atoms with E-state index in [2.05, 4.69) is 34.4 Å². The van der Waals surface area contributed by atoms with Gasteiger partial charge >= 0.3 is 0 Å². The first-order valence-electron chi connectivity index (χ1n) is 5.28. The van der Waals surface area contributed by atoms with Crippen LogP contribution in [0.5, 0.6) is 0 Å². The van der Waals surface area contributed by atoms with E-state index < -0.39 is 0 Å². The number of hydrogen-bond acceptors (Lipinski definition) is 1. The van der Waals surface area contributed by atoms with Crippen LogP contribution in [0.1, 0.15) is 19.8 Å². The zero-order valence-corrected chi connectivity index (χ0v) is 9.83. The number of nitrogens with two attached hydrogens (primary N) is 2. The van der Waals surface area contributed by atoms with E-state index in [0.29, 0.717) is 5.96 Å². The van der Waals surface area contributed by atoms with Gasteiger partial charge in [0.25, 0.3) is 0 Å². The quantitative estimate of drug-likeness (QED) is 0.479. The standard InChI is InChI=1S/C11H19N5/c1-8-3-4-9(7-8)5-6-15-11(14-2)16-10(12)13/h4,7H,3,5-6H2,1-2H3,(H5,12,13,14,15,16). The minimum absolute atomic E-state index is 0.0175. The van der Waals surface area contributed by atoms with Gasteiger partial charge in [-0.25, -0.2) is 0 Å². The highest BCUT2D eigenvalue weighted by Crippen LogP contribution is 2.18. The Morgan fingerprint density at radius 3 is 2.75 bits per heavy atom. The summed E-state index contributed by atoms with van der Waals surface area (Å²) in [6.45, 7) is 2.91. The lowest BCUT2D eigenvalue weighted by molar-refractivity contribution is 0.860. The SMILES string of the molecule is CN=C(N=C(N)N)NCCC1=CCC(C)=C1. The fourth-order valence-electron chi connectivity index (χ4n) is 1.51. The van der Waals surface area contributed by atoms with Crippen LogP contribution in [0, 0.1) is 0 Å². The molecule has 88 valence electrons. The van der Waals surface area contributed by atoms with Crippen molar-refractivity contribution in [1.82, 2.24) is 5.32 Å². The van der Waals surface area contributed by atoms with E-state index in [4.69, 9.17) is 11.5 Å². The zero-order valence-electron chi connectivity index (χ0n) is 9.83. The molecule has 0 bridgehead atoms. The molecule has 0 aromatic heterocycles. The average molecular weight is 221 g/mol. The molecule has 16 heavy (non-hydrogen) atoms. The first kappa shape index (κ1) is 12.3. The maximum atomic E-state index is 5.27. The lowest BCUT2D eigenvalue weighted by Gasteiger charge is -2.05. The van der Waals surface area contributed by atoms with Crippen molar-refractivity contribution in [2.45, 2.75) is 19.8 Å². The number of nitrogens with one attached hydrogen (secondary N) is 1. The molecule has 0 unspecified atom stereocenters. The molecule has 0 radical (unpaired) electrons. The minimum atomic E-state index is 0.0175. The lowest BCUT2D eigenvalue weighted by atomic mass is 10.2. The molecule has 0 atom stereocenters. The smallest absolute Gasteiger partial charge is 0.220 e. The summed E-state index contributed by atoms with van der Waals surface area (Å²) in [6, 6.07) is 0. The van der Waals surface area contributed by atoms with Crippen molar-refractivity contribution in [3.63, 3.8) is 0 Å². The van der Waals surface area contributed by atoms with Crippen molar-refractivity contribution in [2.24, 2.45) is 21.5 Å². The van der Waals surface area contributed by atoms with E-state index in [1.165, 1.54) is 11.1 Å². The Morgan fingerprint density at radius 1 is 1.50 bits per heavy atom. The monoisotopic (exact) mass is 221 g/mol. The predicted octanol–water partition coefficient (Wildman–Crippen LogP) is 0.502. The molecule has 1 rings (SSSR count). The van der Waals surface area contributed by atoms with Gasteiger partial charge in [0.15, 0.2) is 5.96 Å². The summed E-state index contributed by atoms with van der Waals surface area (Å²) < 4.78 is 0. The lowest BCUT2D eigenvalue weighted by Crippen LogP contribution is -2.30. The molecule has 0 aliphatic heterocycles. The van der Waals surface area contributed by atoms with Gasteiger partial charge in [0.1, 0.15) is 0 Å². The molecule has 5 N–H and O–H groups in total. The van der Waals surface area contributed by atoms with E-state index >= 15 is 0 Å². The highest BCUT2D eigenvalue weighted by atomic mass is 15.2. The van der Waals surface area contributed by atoms with Crippen molar-refractivity contribution in [1.29, 1.82) is 0 Å². The van der Waals surface area contributed by atoms with E-state index in [0.717, 1.165) is 19.4 Å². The maximum Gasteiger partial charge on any atom is 0.220 e. The molecule has 0 aromatic rings. The van der Waals surface area contributed by atoms with E-state index in [1.54, 1.807) is 7.05 Å². The molecule has 0 saturated heterocycles. The van der Waals surface area contributed by atoms with E-state index in [-0.39, 0.29) is 5.96 Å². The Labute approximate surface area is 96.0 Å². The molecular formula is C11H19N5. The second-order valence-corrected chi connectivity index (χ2v) is 3.73. The largest absolute Gasteiger partial charge is 0.370 e. The fraction of sp³-hybridized carbons (Fsp3) is 0.455. The normalized spacial score (nSPS) is 15.5. The van der Waals surface area contributed by atoms with Gasteiger partial charge in [0, 0.05) is 13.6 Å². The summed E-state index contributed by atoms with van der Waals surface area (Å²) in [5, 5.41) is 3.07. The van der Waals surface area contributed by atoms with Crippen LogP contribution in [0.25, 0.3) is 0 Å². The van der Waals surface area contributed by atoms with Gasteiger partial charge in [0.2, 0.25) is 5.96 Å². The van der Waals surface area contributed by atoms with Crippen molar-refractivity contribution in [3.05, 3.63) is 23.3 Å². The van der Waals surface area contributed by atoms with E-state index in [1.807, 2.05) is 0 Å². The van der Waals surface area contributed by atoms with Crippen molar-refractivity contribution < 1.29 is 0 Å². The molecule has 1 aliphatic rings. The highest BCUT2D eigenvalue weighted by Gasteiger charge is 2.02. The molecule has 5 heteroatoms. The number of aliphatic imine (C=N–C) groups is 2. The second-order valence-electron chi connectivity index (χ2n) is 3.73. The summed E-state index contributed by atoms with van der Waals surface area (Å²) in [5.74, 6) is 0.489. The van der Waals surface area contributed by atoms with Crippen LogP contribution in [0.4, 0.5) is 0 Å². The Kier molecular flexibility index (Phi) is 4.57. The fourth-order valence-corrected chi connectivity index (χ4v) is 1.51. The first-order chi connectivity index (χ1) is 7.61. The van der Waals surface area contributed by atoms with Crippen LogP contribution in [-0.4, -0.2) is 25.5 Å². The van der Waals surface area contributed by atoms with Crippen LogP contribution in [-0.2, 0) is 0 Å². The van der Waals surface area contributed by atoms with Gasteiger partial charge in [0.05, 0.1) is 0 Å². The van der Waals surface area contributed by atoms with Crippen molar-refractivity contribution in [2.75, 3.05) is 13.6 Å². The van der Waals surface area contributed by atoms with Crippen LogP contribution in [0.2, 0.25) is 0 Å². The summed E-state index contributed by atoms with van der Waals surface area (Å²) in [4.78, 5) is 7.78. The summed E-state index contributed by atoms with van der Waals surface area (Å²) in [6.07, 6.45) is 6.47. The van der Waals surface area contributed by atoms with Crippen molar-refractivity contribution >= 4 is 11.9 Å². The van der Waals surface area contributed by atoms with Crippen LogP contribution >= 0.6 is 0 Å². The molecule has 5 nitrogen and oxygen atoms in total. The molecule has 0 heterocycles. The molecule has 1 aliphatic carbocycles. The number of rotatable bonds is 3. The number of guanidine groups is 2. The zero-order chi connectivity index (χ0) is 12.0. The highest BCUT2D eigenvalue weighted by molar-refractivity contribution is 5.93. The minimum Gasteiger partial charge on any atom is -0.370 e. The molecule has 0 amide bonds. The Balaban J connectivity index is 2.33. The van der Waals surface area contributed by atoms with Crippen LogP contribution < -0.4 is 16.8 Å². The molecule has 0 saturated carbocycles. The topological polar surface area (TPSA) is 88.8 Å². The average Bonchev–Trinajstić information content (AvgIpc) is 2.62. The number of nitrogens with zero attached hydrogens (tertiary/aromatic N) is 2. The second kappa shape index (κ2) is 5.95. The molecule has 0 aromatic carbocycles. The first-order valence-corrected chi connectivity index (χ1v) is 5.28. The van der Waals surface area contributed by atoms with E-state index in [9.17, 15) is 0 Å². The number of hydrogen-bond donors (Lipinski definition) is 3. The van der Waals surface area contributed by atoms with Gasteiger partial charge in [-0.3, -0.25) is 4.99 Å². The Hall–Kier alpha value is -1.78. The molecule has 0 fully saturated rings. The van der Waals surface area contributed by atoms with Crippen LogP contribution in [0.3, 0.4) is 0 Å². The van der Waals surface area contributed by atoms with Gasteiger partial charge in [-0.2, -0.15) is 4.99 Å². The maximum absolute atomic E-state index is 5.27. The number of allylic oxidation sites excluding steroid dienone is 3. The Morgan fingerprint density at radius 2 is 2.25 bits per heavy atom. The summed E-state index contributed by atoms with van der Waals surface area (Å²) in [5.41, 5.74) is 13.3. The van der Waals surface area contributed by atoms with Gasteiger partial charge in [-0.1, -0.05) is 17.7 Å². The molecule has 0 spiro atoms. The summed E-state index contributed by atoms with van der Waals surface area (Å²) >= 11 is 0. The van der Waals surface area contributed by atoms with Gasteiger partial charge in [-0.15, -0.1) is 0 Å². The van der Waals surface area contributed by atoms with Gasteiger partial charge < -0.3 is 16.8 Å². The van der Waals surface area contributed by atoms with Crippen LogP contribution in [0.15, 0.2) is 33.3 Å².